The van der Waals surface area contributed by atoms with E-state index < -0.39 is 11.6 Å². The highest BCUT2D eigenvalue weighted by atomic mass is 19.1. The van der Waals surface area contributed by atoms with Crippen LogP contribution in [0.15, 0.2) is 18.2 Å². The maximum absolute atomic E-state index is 13.0. The van der Waals surface area contributed by atoms with Crippen molar-refractivity contribution < 1.29 is 8.78 Å². The molecule has 1 fully saturated rings. The minimum absolute atomic E-state index is 0.148. The molecule has 0 radical (unpaired) electrons. The van der Waals surface area contributed by atoms with Crippen LogP contribution in [0.25, 0.3) is 0 Å². The maximum Gasteiger partial charge on any atom is 0.130 e. The van der Waals surface area contributed by atoms with Gasteiger partial charge in [-0.1, -0.05) is 6.07 Å². The Labute approximate surface area is 75.8 Å². The lowest BCUT2D eigenvalue weighted by Crippen LogP contribution is -2.17. The number of nitrogens with one attached hydrogen (secondary N) is 1. The molecule has 0 atom stereocenters. The molecule has 0 unspecified atom stereocenters. The first-order valence-corrected chi connectivity index (χ1v) is 4.43. The molecule has 0 aliphatic heterocycles. The van der Waals surface area contributed by atoms with E-state index in [1.807, 2.05) is 0 Å². The summed E-state index contributed by atoms with van der Waals surface area (Å²) in [4.78, 5) is 0. The highest BCUT2D eigenvalue weighted by Gasteiger charge is 2.21. The lowest BCUT2D eigenvalue weighted by molar-refractivity contribution is 0.535. The summed E-state index contributed by atoms with van der Waals surface area (Å²) in [6.45, 7) is 0.295. The van der Waals surface area contributed by atoms with Gasteiger partial charge in [0, 0.05) is 18.2 Å². The third-order valence-corrected chi connectivity index (χ3v) is 2.21. The van der Waals surface area contributed by atoms with E-state index in [9.17, 15) is 8.78 Å². The summed E-state index contributed by atoms with van der Waals surface area (Å²) in [5.74, 6) is -0.929. The van der Waals surface area contributed by atoms with E-state index in [0.717, 1.165) is 12.8 Å². The molecule has 1 nitrogen and oxygen atoms in total. The monoisotopic (exact) mass is 183 g/mol. The molecule has 1 saturated carbocycles. The second-order valence-corrected chi connectivity index (χ2v) is 3.36. The van der Waals surface area contributed by atoms with Crippen LogP contribution in [0.2, 0.25) is 0 Å². The Morgan fingerprint density at radius 3 is 2.38 bits per heavy atom. The van der Waals surface area contributed by atoms with Gasteiger partial charge < -0.3 is 5.32 Å². The average molecular weight is 183 g/mol. The Hall–Kier alpha value is -0.960. The third kappa shape index (κ3) is 2.04. The number of hydrogen-bond acceptors (Lipinski definition) is 1. The number of rotatable bonds is 3. The molecule has 0 bridgehead atoms. The molecule has 1 N–H and O–H groups in total. The van der Waals surface area contributed by atoms with Crippen LogP contribution in [0.4, 0.5) is 8.78 Å². The van der Waals surface area contributed by atoms with E-state index in [2.05, 4.69) is 5.32 Å². The van der Waals surface area contributed by atoms with E-state index in [4.69, 9.17) is 0 Å². The van der Waals surface area contributed by atoms with Crippen LogP contribution >= 0.6 is 0 Å². The second kappa shape index (κ2) is 3.42. The molecule has 0 heterocycles. The Bertz CT molecular complexity index is 288. The van der Waals surface area contributed by atoms with E-state index in [-0.39, 0.29) is 5.56 Å². The molecule has 0 aromatic heterocycles. The van der Waals surface area contributed by atoms with Crippen LogP contribution < -0.4 is 5.32 Å². The Balaban J connectivity index is 2.07. The van der Waals surface area contributed by atoms with E-state index in [1.54, 1.807) is 0 Å². The van der Waals surface area contributed by atoms with Gasteiger partial charge in [-0.05, 0) is 25.0 Å². The average Bonchev–Trinajstić information content (AvgIpc) is 2.87. The fourth-order valence-electron chi connectivity index (χ4n) is 1.24. The molecule has 0 saturated heterocycles. The van der Waals surface area contributed by atoms with Crippen LogP contribution in [-0.4, -0.2) is 6.04 Å². The molecule has 13 heavy (non-hydrogen) atoms. The van der Waals surface area contributed by atoms with E-state index in [0.29, 0.717) is 12.6 Å². The first kappa shape index (κ1) is 8.63. The summed E-state index contributed by atoms with van der Waals surface area (Å²) in [7, 11) is 0. The van der Waals surface area contributed by atoms with Crippen molar-refractivity contribution >= 4 is 0 Å². The highest BCUT2D eigenvalue weighted by molar-refractivity contribution is 5.19. The van der Waals surface area contributed by atoms with Gasteiger partial charge in [0.2, 0.25) is 0 Å². The molecule has 2 rings (SSSR count). The van der Waals surface area contributed by atoms with Crippen molar-refractivity contribution in [2.24, 2.45) is 0 Å². The largest absolute Gasteiger partial charge is 0.310 e. The molecular formula is C10H11F2N. The first-order valence-electron chi connectivity index (χ1n) is 4.43. The topological polar surface area (TPSA) is 12.0 Å². The van der Waals surface area contributed by atoms with Crippen molar-refractivity contribution in [3.63, 3.8) is 0 Å². The normalized spacial score (nSPS) is 16.2. The van der Waals surface area contributed by atoms with Crippen LogP contribution in [0, 0.1) is 11.6 Å². The summed E-state index contributed by atoms with van der Waals surface area (Å²) in [6, 6.07) is 4.42. The third-order valence-electron chi connectivity index (χ3n) is 2.21. The smallest absolute Gasteiger partial charge is 0.130 e. The summed E-state index contributed by atoms with van der Waals surface area (Å²) >= 11 is 0. The van der Waals surface area contributed by atoms with Gasteiger partial charge in [0.15, 0.2) is 0 Å². The van der Waals surface area contributed by atoms with Crippen LogP contribution in [0.5, 0.6) is 0 Å². The van der Waals surface area contributed by atoms with Gasteiger partial charge in [0.05, 0.1) is 0 Å². The first-order chi connectivity index (χ1) is 6.27. The molecule has 0 spiro atoms. The van der Waals surface area contributed by atoms with E-state index in [1.165, 1.54) is 18.2 Å². The second-order valence-electron chi connectivity index (χ2n) is 3.36. The number of benzene rings is 1. The zero-order chi connectivity index (χ0) is 9.26. The standard InChI is InChI=1S/C10H11F2N/c11-9-2-1-3-10(12)8(9)6-13-7-4-5-7/h1-3,7,13H,4-6H2. The number of halogens is 2. The zero-order valence-electron chi connectivity index (χ0n) is 7.19. The SMILES string of the molecule is Fc1cccc(F)c1CNC1CC1. The Kier molecular flexibility index (Phi) is 2.27. The molecule has 70 valence electrons. The molecule has 1 aliphatic rings. The van der Waals surface area contributed by atoms with E-state index >= 15 is 0 Å². The van der Waals surface area contributed by atoms with Gasteiger partial charge in [-0.3, -0.25) is 0 Å². The molecule has 3 heteroatoms. The van der Waals surface area contributed by atoms with Crippen LogP contribution in [0.1, 0.15) is 18.4 Å². The van der Waals surface area contributed by atoms with Crippen LogP contribution in [0.3, 0.4) is 0 Å². The van der Waals surface area contributed by atoms with Gasteiger partial charge in [-0.15, -0.1) is 0 Å². The van der Waals surface area contributed by atoms with Gasteiger partial charge in [-0.2, -0.15) is 0 Å². The quantitative estimate of drug-likeness (QED) is 0.757. The number of hydrogen-bond donors (Lipinski definition) is 1. The molecule has 1 aromatic rings. The zero-order valence-corrected chi connectivity index (χ0v) is 7.19. The van der Waals surface area contributed by atoms with Crippen molar-refractivity contribution in [3.8, 4) is 0 Å². The van der Waals surface area contributed by atoms with Crippen molar-refractivity contribution in [3.05, 3.63) is 35.4 Å². The highest BCUT2D eigenvalue weighted by Crippen LogP contribution is 2.20. The fraction of sp³-hybridized carbons (Fsp3) is 0.400. The molecule has 0 amide bonds. The van der Waals surface area contributed by atoms with Crippen molar-refractivity contribution in [1.82, 2.24) is 5.32 Å². The fourth-order valence-corrected chi connectivity index (χ4v) is 1.24. The Morgan fingerprint density at radius 1 is 1.23 bits per heavy atom. The molecule has 1 aliphatic carbocycles. The minimum Gasteiger partial charge on any atom is -0.310 e. The Morgan fingerprint density at radius 2 is 1.85 bits per heavy atom. The van der Waals surface area contributed by atoms with Gasteiger partial charge >= 0.3 is 0 Å². The summed E-state index contributed by atoms with van der Waals surface area (Å²) in [5.41, 5.74) is 0.148. The predicted molar refractivity (Wildman–Crippen MR) is 46.2 cm³/mol. The van der Waals surface area contributed by atoms with Gasteiger partial charge in [0.1, 0.15) is 11.6 Å². The predicted octanol–water partition coefficient (Wildman–Crippen LogP) is 2.22. The van der Waals surface area contributed by atoms with Crippen molar-refractivity contribution in [2.45, 2.75) is 25.4 Å². The summed E-state index contributed by atoms with van der Waals surface area (Å²) in [6.07, 6.45) is 2.24. The van der Waals surface area contributed by atoms with Gasteiger partial charge in [-0.25, -0.2) is 8.78 Å². The maximum atomic E-state index is 13.0. The van der Waals surface area contributed by atoms with Gasteiger partial charge in [0.25, 0.3) is 0 Å². The summed E-state index contributed by atoms with van der Waals surface area (Å²) in [5, 5.41) is 3.07. The lowest BCUT2D eigenvalue weighted by atomic mass is 10.2. The van der Waals surface area contributed by atoms with Crippen molar-refractivity contribution in [1.29, 1.82) is 0 Å². The molecule has 1 aromatic carbocycles. The summed E-state index contributed by atoms with van der Waals surface area (Å²) < 4.78 is 26.1. The van der Waals surface area contributed by atoms with Crippen molar-refractivity contribution in [2.75, 3.05) is 0 Å². The minimum atomic E-state index is -0.465. The van der Waals surface area contributed by atoms with Crippen LogP contribution in [-0.2, 0) is 6.54 Å². The molecular weight excluding hydrogens is 172 g/mol. The lowest BCUT2D eigenvalue weighted by Gasteiger charge is -2.05.